The summed E-state index contributed by atoms with van der Waals surface area (Å²) in [5, 5.41) is 0. The number of benzene rings is 1. The summed E-state index contributed by atoms with van der Waals surface area (Å²) in [4.78, 5) is 0. The van der Waals surface area contributed by atoms with Crippen LogP contribution in [0.3, 0.4) is 0 Å². The lowest BCUT2D eigenvalue weighted by molar-refractivity contribution is 0.547. The van der Waals surface area contributed by atoms with E-state index in [1.54, 1.807) is 12.1 Å². The molecule has 0 heterocycles. The van der Waals surface area contributed by atoms with Crippen LogP contribution in [-0.2, 0) is 0 Å². The molecule has 0 saturated heterocycles. The van der Waals surface area contributed by atoms with Gasteiger partial charge in [0.15, 0.2) is 0 Å². The minimum absolute atomic E-state index is 0.159. The van der Waals surface area contributed by atoms with Crippen molar-refractivity contribution in [3.63, 3.8) is 0 Å². The average molecular weight is 209 g/mol. The summed E-state index contributed by atoms with van der Waals surface area (Å²) >= 11 is 0. The van der Waals surface area contributed by atoms with Crippen molar-refractivity contribution < 1.29 is 4.39 Å². The predicted octanol–water partition coefficient (Wildman–Crippen LogP) is 3.45. The summed E-state index contributed by atoms with van der Waals surface area (Å²) in [7, 11) is 0. The van der Waals surface area contributed by atoms with E-state index in [4.69, 9.17) is 5.73 Å². The second-order valence-electron chi connectivity index (χ2n) is 3.97. The van der Waals surface area contributed by atoms with E-state index in [1.165, 1.54) is 5.56 Å². The molecule has 1 unspecified atom stereocenters. The highest BCUT2D eigenvalue weighted by Gasteiger charge is 2.09. The summed E-state index contributed by atoms with van der Waals surface area (Å²) in [6, 6.07) is 6.87. The molecule has 2 N–H and O–H groups in total. The van der Waals surface area contributed by atoms with Crippen LogP contribution in [0.15, 0.2) is 24.3 Å². The average Bonchev–Trinajstić information content (AvgIpc) is 2.25. The Morgan fingerprint density at radius 3 is 2.40 bits per heavy atom. The smallest absolute Gasteiger partial charge is 0.123 e. The normalized spacial score (nSPS) is 12.7. The van der Waals surface area contributed by atoms with Gasteiger partial charge in [-0.05, 0) is 49.4 Å². The van der Waals surface area contributed by atoms with Crippen molar-refractivity contribution >= 4 is 0 Å². The molecule has 2 heteroatoms. The predicted molar refractivity (Wildman–Crippen MR) is 62.3 cm³/mol. The third kappa shape index (κ3) is 4.00. The van der Waals surface area contributed by atoms with E-state index in [-0.39, 0.29) is 5.82 Å². The maximum absolute atomic E-state index is 12.8. The van der Waals surface area contributed by atoms with Gasteiger partial charge in [-0.15, -0.1) is 0 Å². The Morgan fingerprint density at radius 2 is 1.87 bits per heavy atom. The van der Waals surface area contributed by atoms with Gasteiger partial charge in [0.1, 0.15) is 5.82 Å². The lowest BCUT2D eigenvalue weighted by Crippen LogP contribution is -2.04. The molecule has 0 aliphatic carbocycles. The summed E-state index contributed by atoms with van der Waals surface area (Å²) in [6.07, 6.45) is 4.47. The van der Waals surface area contributed by atoms with Gasteiger partial charge in [-0.1, -0.05) is 25.5 Å². The lowest BCUT2D eigenvalue weighted by atomic mass is 9.90. The maximum atomic E-state index is 12.8. The first-order chi connectivity index (χ1) is 7.27. The highest BCUT2D eigenvalue weighted by Crippen LogP contribution is 2.26. The van der Waals surface area contributed by atoms with Crippen LogP contribution in [0, 0.1) is 5.82 Å². The van der Waals surface area contributed by atoms with Crippen molar-refractivity contribution in [2.45, 2.75) is 38.5 Å². The summed E-state index contributed by atoms with van der Waals surface area (Å²) in [5.41, 5.74) is 6.76. The summed E-state index contributed by atoms with van der Waals surface area (Å²) in [5.74, 6) is 0.381. The van der Waals surface area contributed by atoms with Crippen LogP contribution >= 0.6 is 0 Å². The van der Waals surface area contributed by atoms with Crippen molar-refractivity contribution in [2.75, 3.05) is 6.54 Å². The molecule has 0 bridgehead atoms. The molecular formula is C13H20FN. The number of rotatable bonds is 6. The fraction of sp³-hybridized carbons (Fsp3) is 0.538. The Labute approximate surface area is 91.5 Å². The first-order valence-electron chi connectivity index (χ1n) is 5.73. The first kappa shape index (κ1) is 12.2. The van der Waals surface area contributed by atoms with Crippen LogP contribution < -0.4 is 5.73 Å². The van der Waals surface area contributed by atoms with Crippen molar-refractivity contribution in [1.29, 1.82) is 0 Å². The van der Waals surface area contributed by atoms with Gasteiger partial charge in [-0.2, -0.15) is 0 Å². The summed E-state index contributed by atoms with van der Waals surface area (Å²) in [6.45, 7) is 2.92. The van der Waals surface area contributed by atoms with Crippen LogP contribution in [0.25, 0.3) is 0 Å². The number of halogens is 1. The molecule has 0 aromatic heterocycles. The molecule has 1 atom stereocenters. The van der Waals surface area contributed by atoms with Crippen LogP contribution in [0.2, 0.25) is 0 Å². The molecule has 0 radical (unpaired) electrons. The fourth-order valence-electron chi connectivity index (χ4n) is 1.93. The second-order valence-corrected chi connectivity index (χ2v) is 3.97. The van der Waals surface area contributed by atoms with E-state index < -0.39 is 0 Å². The first-order valence-corrected chi connectivity index (χ1v) is 5.73. The molecule has 1 rings (SSSR count). The highest BCUT2D eigenvalue weighted by atomic mass is 19.1. The van der Waals surface area contributed by atoms with Crippen molar-refractivity contribution in [1.82, 2.24) is 0 Å². The molecule has 0 aliphatic heterocycles. The van der Waals surface area contributed by atoms with E-state index >= 15 is 0 Å². The molecule has 84 valence electrons. The van der Waals surface area contributed by atoms with Gasteiger partial charge in [0.2, 0.25) is 0 Å². The Bertz CT molecular complexity index is 268. The quantitative estimate of drug-likeness (QED) is 0.763. The monoisotopic (exact) mass is 209 g/mol. The summed E-state index contributed by atoms with van der Waals surface area (Å²) < 4.78 is 12.8. The largest absolute Gasteiger partial charge is 0.330 e. The number of nitrogens with two attached hydrogens (primary N) is 1. The molecule has 0 saturated carbocycles. The SMILES string of the molecule is CCCC(CCCN)c1ccc(F)cc1. The molecule has 0 amide bonds. The molecule has 0 fully saturated rings. The molecule has 1 aromatic carbocycles. The molecule has 1 aromatic rings. The van der Waals surface area contributed by atoms with Gasteiger partial charge >= 0.3 is 0 Å². The van der Waals surface area contributed by atoms with Gasteiger partial charge < -0.3 is 5.73 Å². The van der Waals surface area contributed by atoms with E-state index in [0.29, 0.717) is 5.92 Å². The van der Waals surface area contributed by atoms with Crippen LogP contribution in [0.5, 0.6) is 0 Å². The Balaban J connectivity index is 2.65. The topological polar surface area (TPSA) is 26.0 Å². The Hall–Kier alpha value is -0.890. The zero-order valence-electron chi connectivity index (χ0n) is 9.38. The highest BCUT2D eigenvalue weighted by molar-refractivity contribution is 5.20. The van der Waals surface area contributed by atoms with Crippen LogP contribution in [0.1, 0.15) is 44.1 Å². The van der Waals surface area contributed by atoms with Gasteiger partial charge in [0, 0.05) is 0 Å². The van der Waals surface area contributed by atoms with E-state index in [1.807, 2.05) is 12.1 Å². The van der Waals surface area contributed by atoms with Crippen LogP contribution in [-0.4, -0.2) is 6.54 Å². The van der Waals surface area contributed by atoms with Gasteiger partial charge in [0.05, 0.1) is 0 Å². The second kappa shape index (κ2) is 6.57. The Kier molecular flexibility index (Phi) is 5.33. The number of hydrogen-bond donors (Lipinski definition) is 1. The maximum Gasteiger partial charge on any atom is 0.123 e. The lowest BCUT2D eigenvalue weighted by Gasteiger charge is -2.16. The zero-order chi connectivity index (χ0) is 11.1. The molecule has 1 nitrogen and oxygen atoms in total. The zero-order valence-corrected chi connectivity index (χ0v) is 9.38. The van der Waals surface area contributed by atoms with Crippen molar-refractivity contribution in [3.8, 4) is 0 Å². The Morgan fingerprint density at radius 1 is 1.20 bits per heavy atom. The molecule has 0 aliphatic rings. The van der Waals surface area contributed by atoms with Crippen molar-refractivity contribution in [2.24, 2.45) is 5.73 Å². The van der Waals surface area contributed by atoms with E-state index in [9.17, 15) is 4.39 Å². The fourth-order valence-corrected chi connectivity index (χ4v) is 1.93. The van der Waals surface area contributed by atoms with E-state index in [2.05, 4.69) is 6.92 Å². The minimum Gasteiger partial charge on any atom is -0.330 e. The molecular weight excluding hydrogens is 189 g/mol. The minimum atomic E-state index is -0.159. The van der Waals surface area contributed by atoms with Gasteiger partial charge in [-0.25, -0.2) is 4.39 Å². The molecule has 0 spiro atoms. The third-order valence-corrected chi connectivity index (χ3v) is 2.74. The molecule has 15 heavy (non-hydrogen) atoms. The number of hydrogen-bond acceptors (Lipinski definition) is 1. The van der Waals surface area contributed by atoms with Gasteiger partial charge in [-0.3, -0.25) is 0 Å². The van der Waals surface area contributed by atoms with Crippen molar-refractivity contribution in [3.05, 3.63) is 35.6 Å². The third-order valence-electron chi connectivity index (χ3n) is 2.74. The van der Waals surface area contributed by atoms with Crippen LogP contribution in [0.4, 0.5) is 4.39 Å². The van der Waals surface area contributed by atoms with Gasteiger partial charge in [0.25, 0.3) is 0 Å². The standard InChI is InChI=1S/C13H20FN/c1-2-4-11(5-3-10-15)12-6-8-13(14)9-7-12/h6-9,11H,2-5,10,15H2,1H3. The van der Waals surface area contributed by atoms with E-state index in [0.717, 1.165) is 32.2 Å².